The lowest BCUT2D eigenvalue weighted by Crippen LogP contribution is -2.31. The van der Waals surface area contributed by atoms with E-state index in [0.717, 1.165) is 2.88 Å². The molecule has 0 aliphatic carbocycles. The van der Waals surface area contributed by atoms with Crippen molar-refractivity contribution >= 4 is 57.2 Å². The molecule has 3 N–H and O–H groups in total. The zero-order valence-electron chi connectivity index (χ0n) is 11.2. The Hall–Kier alpha value is -1.61. The Bertz CT molecular complexity index is 699. The first-order valence-electron chi connectivity index (χ1n) is 6.12. The molecule has 1 amide bonds. The first-order valence-corrected chi connectivity index (χ1v) is 8.08. The van der Waals surface area contributed by atoms with Crippen molar-refractivity contribution in [3.8, 4) is 0 Å². The van der Waals surface area contributed by atoms with E-state index in [0.29, 0.717) is 17.8 Å². The quantitative estimate of drug-likeness (QED) is 0.592. The van der Waals surface area contributed by atoms with Crippen LogP contribution in [0.4, 0.5) is 11.4 Å². The minimum Gasteiger partial charge on any atom is -0.478 e. The van der Waals surface area contributed by atoms with Gasteiger partial charge in [-0.3, -0.25) is 4.79 Å². The average Bonchev–Trinajstić information content (AvgIpc) is 2.87. The topological polar surface area (TPSA) is 83.6 Å². The van der Waals surface area contributed by atoms with Gasteiger partial charge in [0.1, 0.15) is 0 Å². The van der Waals surface area contributed by atoms with Crippen LogP contribution in [-0.2, 0) is 0 Å². The molecule has 0 aliphatic rings. The van der Waals surface area contributed by atoms with Gasteiger partial charge in [-0.1, -0.05) is 0 Å². The van der Waals surface area contributed by atoms with Gasteiger partial charge in [-0.2, -0.15) is 0 Å². The summed E-state index contributed by atoms with van der Waals surface area (Å²) in [6, 6.07) is 6.20. The van der Waals surface area contributed by atoms with Crippen LogP contribution in [0.1, 0.15) is 27.6 Å². The highest BCUT2D eigenvalue weighted by Crippen LogP contribution is 2.27. The Kier molecular flexibility index (Phi) is 4.84. The number of carbonyl (C=O) groups is 2. The number of benzene rings is 1. The van der Waals surface area contributed by atoms with E-state index in [-0.39, 0.29) is 17.2 Å². The predicted molar refractivity (Wildman–Crippen MR) is 92.2 cm³/mol. The fourth-order valence-corrected chi connectivity index (χ4v) is 3.26. The lowest BCUT2D eigenvalue weighted by molar-refractivity contribution is 0.0697. The third kappa shape index (κ3) is 3.35. The van der Waals surface area contributed by atoms with Crippen LogP contribution >= 0.6 is 33.9 Å². The molecule has 0 spiro atoms. The van der Waals surface area contributed by atoms with Gasteiger partial charge in [0.05, 0.1) is 25.4 Å². The number of nitrogens with zero attached hydrogens (tertiary/aromatic N) is 1. The van der Waals surface area contributed by atoms with Gasteiger partial charge in [-0.15, -0.1) is 11.3 Å². The number of thiophene rings is 1. The average molecular weight is 416 g/mol. The predicted octanol–water partition coefficient (Wildman–Crippen LogP) is 3.30. The van der Waals surface area contributed by atoms with E-state index < -0.39 is 5.97 Å². The van der Waals surface area contributed by atoms with Crippen molar-refractivity contribution < 1.29 is 14.7 Å². The molecular weight excluding hydrogens is 403 g/mol. The van der Waals surface area contributed by atoms with Crippen molar-refractivity contribution in [2.24, 2.45) is 0 Å². The molecule has 0 atom stereocenters. The number of anilines is 2. The fraction of sp³-hybridized carbons (Fsp3) is 0.143. The second-order valence-corrected chi connectivity index (χ2v) is 7.07. The van der Waals surface area contributed by atoms with E-state index in [1.165, 1.54) is 23.5 Å². The van der Waals surface area contributed by atoms with Crippen LogP contribution in [0.2, 0.25) is 0 Å². The van der Waals surface area contributed by atoms with Crippen molar-refractivity contribution in [3.63, 3.8) is 0 Å². The Morgan fingerprint density at radius 2 is 2.05 bits per heavy atom. The second-order valence-electron chi connectivity index (χ2n) is 4.27. The van der Waals surface area contributed by atoms with Crippen LogP contribution in [0.15, 0.2) is 29.6 Å². The maximum Gasteiger partial charge on any atom is 0.335 e. The number of halogens is 1. The first-order chi connectivity index (χ1) is 9.93. The van der Waals surface area contributed by atoms with Crippen LogP contribution in [0.5, 0.6) is 0 Å². The summed E-state index contributed by atoms with van der Waals surface area (Å²) in [5, 5.41) is 10.8. The summed E-state index contributed by atoms with van der Waals surface area (Å²) < 4.78 is 1.03. The van der Waals surface area contributed by atoms with Crippen LogP contribution in [0.3, 0.4) is 0 Å². The monoisotopic (exact) mass is 416 g/mol. The van der Waals surface area contributed by atoms with Gasteiger partial charge >= 0.3 is 5.97 Å². The third-order valence-corrected chi connectivity index (χ3v) is 4.73. The van der Waals surface area contributed by atoms with E-state index >= 15 is 0 Å². The molecule has 110 valence electrons. The van der Waals surface area contributed by atoms with Crippen molar-refractivity contribution in [2.75, 3.05) is 17.2 Å². The summed E-state index contributed by atoms with van der Waals surface area (Å²) in [6.45, 7) is 2.29. The molecule has 2 aromatic rings. The van der Waals surface area contributed by atoms with Crippen LogP contribution in [0, 0.1) is 2.88 Å². The standard InChI is InChI=1S/C14H13IN2O3S/c1-2-17(13(18)9-6-12(15)21-7-9)11-4-3-8(14(19)20)5-10(11)16/h3-7H,2,16H2,1H3,(H,19,20). The van der Waals surface area contributed by atoms with Gasteiger partial charge in [0, 0.05) is 11.9 Å². The fourth-order valence-electron chi connectivity index (χ4n) is 1.93. The van der Waals surface area contributed by atoms with Crippen molar-refractivity contribution in [1.82, 2.24) is 0 Å². The smallest absolute Gasteiger partial charge is 0.335 e. The summed E-state index contributed by atoms with van der Waals surface area (Å²) in [4.78, 5) is 25.0. The maximum absolute atomic E-state index is 12.5. The Morgan fingerprint density at radius 1 is 1.33 bits per heavy atom. The summed E-state index contributed by atoms with van der Waals surface area (Å²) in [5.74, 6) is -1.19. The molecule has 0 aliphatic heterocycles. The van der Waals surface area contributed by atoms with Crippen LogP contribution in [0.25, 0.3) is 0 Å². The highest BCUT2D eigenvalue weighted by atomic mass is 127. The van der Waals surface area contributed by atoms with E-state index in [9.17, 15) is 9.59 Å². The zero-order chi connectivity index (χ0) is 15.6. The molecule has 5 nitrogen and oxygen atoms in total. The maximum atomic E-state index is 12.5. The van der Waals surface area contributed by atoms with Gasteiger partial charge in [-0.05, 0) is 53.8 Å². The SMILES string of the molecule is CCN(C(=O)c1csc(I)c1)c1ccc(C(=O)O)cc1N. The number of carbonyl (C=O) groups excluding carboxylic acids is 1. The molecule has 1 heterocycles. The molecule has 1 aromatic heterocycles. The Balaban J connectivity index is 2.37. The molecule has 0 saturated carbocycles. The highest BCUT2D eigenvalue weighted by molar-refractivity contribution is 14.1. The zero-order valence-corrected chi connectivity index (χ0v) is 14.1. The van der Waals surface area contributed by atoms with Gasteiger partial charge < -0.3 is 15.7 Å². The molecule has 21 heavy (non-hydrogen) atoms. The Labute approximate surface area is 139 Å². The van der Waals surface area contributed by atoms with Crippen molar-refractivity contribution in [2.45, 2.75) is 6.92 Å². The van der Waals surface area contributed by atoms with Gasteiger partial charge in [0.2, 0.25) is 0 Å². The third-order valence-electron chi connectivity index (χ3n) is 2.94. The molecule has 2 rings (SSSR count). The minimum atomic E-state index is -1.05. The molecule has 0 fully saturated rings. The summed E-state index contributed by atoms with van der Waals surface area (Å²) in [5.41, 5.74) is 7.40. The number of nitrogen functional groups attached to an aromatic ring is 1. The number of amides is 1. The van der Waals surface area contributed by atoms with Gasteiger partial charge in [-0.25, -0.2) is 4.79 Å². The molecule has 0 unspecified atom stereocenters. The van der Waals surface area contributed by atoms with E-state index in [4.69, 9.17) is 10.8 Å². The highest BCUT2D eigenvalue weighted by Gasteiger charge is 2.20. The van der Waals surface area contributed by atoms with E-state index in [1.807, 2.05) is 13.0 Å². The van der Waals surface area contributed by atoms with Crippen LogP contribution < -0.4 is 10.6 Å². The molecule has 0 radical (unpaired) electrons. The molecule has 0 saturated heterocycles. The second kappa shape index (κ2) is 6.44. The number of hydrogen-bond acceptors (Lipinski definition) is 4. The van der Waals surface area contributed by atoms with Crippen LogP contribution in [-0.4, -0.2) is 23.5 Å². The number of rotatable bonds is 4. The van der Waals surface area contributed by atoms with Crippen molar-refractivity contribution in [3.05, 3.63) is 43.7 Å². The normalized spacial score (nSPS) is 10.4. The van der Waals surface area contributed by atoms with E-state index in [2.05, 4.69) is 22.6 Å². The van der Waals surface area contributed by atoms with E-state index in [1.54, 1.807) is 16.3 Å². The van der Waals surface area contributed by atoms with Crippen molar-refractivity contribution in [1.29, 1.82) is 0 Å². The van der Waals surface area contributed by atoms with Gasteiger partial charge in [0.25, 0.3) is 5.91 Å². The number of nitrogens with two attached hydrogens (primary N) is 1. The molecular formula is C14H13IN2O3S. The molecule has 0 bridgehead atoms. The molecule has 7 heteroatoms. The summed E-state index contributed by atoms with van der Waals surface area (Å²) >= 11 is 3.66. The number of hydrogen-bond donors (Lipinski definition) is 2. The largest absolute Gasteiger partial charge is 0.478 e. The lowest BCUT2D eigenvalue weighted by atomic mass is 10.1. The summed E-state index contributed by atoms with van der Waals surface area (Å²) in [6.07, 6.45) is 0. The number of aromatic carboxylic acids is 1. The molecule has 1 aromatic carbocycles. The number of carboxylic acids is 1. The first kappa shape index (κ1) is 15.8. The lowest BCUT2D eigenvalue weighted by Gasteiger charge is -2.22. The Morgan fingerprint density at radius 3 is 2.52 bits per heavy atom. The summed E-state index contributed by atoms with van der Waals surface area (Å²) in [7, 11) is 0. The minimum absolute atomic E-state index is 0.102. The van der Waals surface area contributed by atoms with Gasteiger partial charge in [0.15, 0.2) is 0 Å². The number of carboxylic acid groups (broad SMARTS) is 1.